The molecule has 0 saturated carbocycles. The van der Waals surface area contributed by atoms with Gasteiger partial charge in [0, 0.05) is 45.6 Å². The van der Waals surface area contributed by atoms with Crippen molar-refractivity contribution in [3.05, 3.63) is 53.6 Å². The molecule has 6 heteroatoms. The molecule has 128 valence electrons. The SMILES string of the molecule is COCc1cccc(CN[C@@H]2CCC(=O)N[C@H]2c2nccn2C)c1. The number of aromatic nitrogens is 2. The van der Waals surface area contributed by atoms with E-state index in [9.17, 15) is 4.79 Å². The maximum Gasteiger partial charge on any atom is 0.220 e. The summed E-state index contributed by atoms with van der Waals surface area (Å²) in [7, 11) is 3.65. The first kappa shape index (κ1) is 16.7. The number of ether oxygens (including phenoxy) is 1. The van der Waals surface area contributed by atoms with Crippen LogP contribution in [0, 0.1) is 0 Å². The zero-order chi connectivity index (χ0) is 16.9. The van der Waals surface area contributed by atoms with Gasteiger partial charge in [-0.3, -0.25) is 4.79 Å². The monoisotopic (exact) mass is 328 g/mol. The molecule has 2 atom stereocenters. The number of imidazole rings is 1. The van der Waals surface area contributed by atoms with E-state index >= 15 is 0 Å². The number of benzene rings is 1. The van der Waals surface area contributed by atoms with Gasteiger partial charge in [0.25, 0.3) is 0 Å². The lowest BCUT2D eigenvalue weighted by molar-refractivity contribution is -0.124. The Morgan fingerprint density at radius 1 is 1.42 bits per heavy atom. The number of nitrogens with one attached hydrogen (secondary N) is 2. The fourth-order valence-electron chi connectivity index (χ4n) is 3.19. The molecule has 2 N–H and O–H groups in total. The Hall–Kier alpha value is -2.18. The highest BCUT2D eigenvalue weighted by Gasteiger charge is 2.31. The molecule has 1 aromatic carbocycles. The topological polar surface area (TPSA) is 68.2 Å². The maximum atomic E-state index is 11.8. The molecule has 24 heavy (non-hydrogen) atoms. The number of rotatable bonds is 6. The Morgan fingerprint density at radius 2 is 2.25 bits per heavy atom. The third kappa shape index (κ3) is 3.83. The second-order valence-corrected chi connectivity index (χ2v) is 6.22. The number of methoxy groups -OCH3 is 1. The number of carbonyl (C=O) groups excluding carboxylic acids is 1. The third-order valence-electron chi connectivity index (χ3n) is 4.41. The molecular weight excluding hydrogens is 304 g/mol. The lowest BCUT2D eigenvalue weighted by Gasteiger charge is -2.32. The summed E-state index contributed by atoms with van der Waals surface area (Å²) in [4.78, 5) is 16.2. The van der Waals surface area contributed by atoms with Gasteiger partial charge >= 0.3 is 0 Å². The number of amides is 1. The summed E-state index contributed by atoms with van der Waals surface area (Å²) in [6, 6.07) is 8.41. The van der Waals surface area contributed by atoms with Gasteiger partial charge in [0.15, 0.2) is 0 Å². The highest BCUT2D eigenvalue weighted by molar-refractivity contribution is 5.77. The number of aryl methyl sites for hydroxylation is 1. The number of piperidine rings is 1. The van der Waals surface area contributed by atoms with Crippen LogP contribution in [0.2, 0.25) is 0 Å². The molecule has 1 amide bonds. The van der Waals surface area contributed by atoms with E-state index in [-0.39, 0.29) is 18.0 Å². The van der Waals surface area contributed by atoms with Crippen molar-refractivity contribution < 1.29 is 9.53 Å². The zero-order valence-corrected chi connectivity index (χ0v) is 14.2. The highest BCUT2D eigenvalue weighted by atomic mass is 16.5. The first-order chi connectivity index (χ1) is 11.7. The minimum Gasteiger partial charge on any atom is -0.380 e. The molecule has 1 fully saturated rings. The van der Waals surface area contributed by atoms with Gasteiger partial charge < -0.3 is 19.9 Å². The van der Waals surface area contributed by atoms with Crippen LogP contribution < -0.4 is 10.6 Å². The van der Waals surface area contributed by atoms with E-state index in [4.69, 9.17) is 4.74 Å². The maximum absolute atomic E-state index is 11.8. The van der Waals surface area contributed by atoms with Crippen molar-refractivity contribution in [2.75, 3.05) is 7.11 Å². The van der Waals surface area contributed by atoms with Gasteiger partial charge in [-0.25, -0.2) is 4.98 Å². The number of hydrogen-bond donors (Lipinski definition) is 2. The lowest BCUT2D eigenvalue weighted by atomic mass is 9.96. The molecule has 3 rings (SSSR count). The van der Waals surface area contributed by atoms with Gasteiger partial charge in [0.2, 0.25) is 5.91 Å². The summed E-state index contributed by atoms with van der Waals surface area (Å²) in [6.45, 7) is 1.36. The fourth-order valence-corrected chi connectivity index (χ4v) is 3.19. The molecule has 0 spiro atoms. The van der Waals surface area contributed by atoms with Gasteiger partial charge in [-0.2, -0.15) is 0 Å². The Labute approximate surface area is 142 Å². The van der Waals surface area contributed by atoms with Crippen LogP contribution in [-0.4, -0.2) is 28.6 Å². The average Bonchev–Trinajstić information content (AvgIpc) is 3.00. The first-order valence-electron chi connectivity index (χ1n) is 8.24. The van der Waals surface area contributed by atoms with Crippen molar-refractivity contribution >= 4 is 5.91 Å². The molecule has 0 aliphatic carbocycles. The number of carbonyl (C=O) groups is 1. The molecule has 1 aromatic heterocycles. The molecule has 0 bridgehead atoms. The normalized spacial score (nSPS) is 20.8. The predicted octanol–water partition coefficient (Wildman–Crippen LogP) is 1.68. The van der Waals surface area contributed by atoms with Gasteiger partial charge in [-0.1, -0.05) is 24.3 Å². The quantitative estimate of drug-likeness (QED) is 0.846. The largest absolute Gasteiger partial charge is 0.380 e. The first-order valence-corrected chi connectivity index (χ1v) is 8.24. The summed E-state index contributed by atoms with van der Waals surface area (Å²) in [5.74, 6) is 0.969. The molecule has 1 aliphatic heterocycles. The minimum atomic E-state index is -0.103. The molecule has 6 nitrogen and oxygen atoms in total. The van der Waals surface area contributed by atoms with Crippen LogP contribution in [0.15, 0.2) is 36.7 Å². The molecular formula is C18H24N4O2. The van der Waals surface area contributed by atoms with E-state index in [2.05, 4.69) is 33.8 Å². The van der Waals surface area contributed by atoms with E-state index in [1.807, 2.05) is 23.9 Å². The fraction of sp³-hybridized carbons (Fsp3) is 0.444. The van der Waals surface area contributed by atoms with Crippen LogP contribution in [0.5, 0.6) is 0 Å². The highest BCUT2D eigenvalue weighted by Crippen LogP contribution is 2.23. The van der Waals surface area contributed by atoms with Gasteiger partial charge in [-0.15, -0.1) is 0 Å². The van der Waals surface area contributed by atoms with Gasteiger partial charge in [-0.05, 0) is 17.5 Å². The van der Waals surface area contributed by atoms with Crippen LogP contribution in [-0.2, 0) is 29.7 Å². The smallest absolute Gasteiger partial charge is 0.220 e. The summed E-state index contributed by atoms with van der Waals surface area (Å²) in [5, 5.41) is 6.66. The van der Waals surface area contributed by atoms with Crippen LogP contribution in [0.4, 0.5) is 0 Å². The molecule has 2 aromatic rings. The van der Waals surface area contributed by atoms with Crippen molar-refractivity contribution in [2.45, 2.75) is 38.1 Å². The second kappa shape index (κ2) is 7.59. The Kier molecular flexibility index (Phi) is 5.27. The number of hydrogen-bond acceptors (Lipinski definition) is 4. The minimum absolute atomic E-state index is 0.0862. The zero-order valence-electron chi connectivity index (χ0n) is 14.2. The summed E-state index contributed by atoms with van der Waals surface area (Å²) < 4.78 is 7.15. The van der Waals surface area contributed by atoms with E-state index in [1.165, 1.54) is 5.56 Å². The Balaban J connectivity index is 1.69. The molecule has 0 unspecified atom stereocenters. The standard InChI is InChI=1S/C18H24N4O2/c1-22-9-8-19-18(22)17-15(6-7-16(23)21-17)20-11-13-4-3-5-14(10-13)12-24-2/h3-5,8-10,15,17,20H,6-7,11-12H2,1-2H3,(H,21,23)/t15-,17-/m1/s1. The van der Waals surface area contributed by atoms with Crippen LogP contribution >= 0.6 is 0 Å². The van der Waals surface area contributed by atoms with Crippen LogP contribution in [0.3, 0.4) is 0 Å². The third-order valence-corrected chi connectivity index (χ3v) is 4.41. The van der Waals surface area contributed by atoms with E-state index in [0.717, 1.165) is 24.4 Å². The molecule has 2 heterocycles. The molecule has 1 saturated heterocycles. The van der Waals surface area contributed by atoms with Gasteiger partial charge in [0.05, 0.1) is 6.61 Å². The number of nitrogens with zero attached hydrogens (tertiary/aromatic N) is 2. The summed E-state index contributed by atoms with van der Waals surface area (Å²) in [5.41, 5.74) is 2.37. The van der Waals surface area contributed by atoms with Gasteiger partial charge in [0.1, 0.15) is 11.9 Å². The average molecular weight is 328 g/mol. The lowest BCUT2D eigenvalue weighted by Crippen LogP contribution is -2.49. The van der Waals surface area contributed by atoms with Crippen molar-refractivity contribution in [1.82, 2.24) is 20.2 Å². The van der Waals surface area contributed by atoms with Crippen molar-refractivity contribution in [2.24, 2.45) is 7.05 Å². The van der Waals surface area contributed by atoms with Crippen LogP contribution in [0.25, 0.3) is 0 Å². The summed E-state index contributed by atoms with van der Waals surface area (Å²) >= 11 is 0. The van der Waals surface area contributed by atoms with Crippen molar-refractivity contribution in [3.63, 3.8) is 0 Å². The second-order valence-electron chi connectivity index (χ2n) is 6.22. The Bertz CT molecular complexity index is 698. The summed E-state index contributed by atoms with van der Waals surface area (Å²) in [6.07, 6.45) is 5.02. The van der Waals surface area contributed by atoms with Crippen molar-refractivity contribution in [3.8, 4) is 0 Å². The van der Waals surface area contributed by atoms with Crippen molar-refractivity contribution in [1.29, 1.82) is 0 Å². The van der Waals surface area contributed by atoms with E-state index in [1.54, 1.807) is 13.3 Å². The Morgan fingerprint density at radius 3 is 3.00 bits per heavy atom. The van der Waals surface area contributed by atoms with Crippen LogP contribution in [0.1, 0.15) is 35.8 Å². The predicted molar refractivity (Wildman–Crippen MR) is 91.1 cm³/mol. The molecule has 1 aliphatic rings. The molecule has 0 radical (unpaired) electrons. The van der Waals surface area contributed by atoms with E-state index in [0.29, 0.717) is 13.0 Å². The van der Waals surface area contributed by atoms with E-state index < -0.39 is 0 Å².